The van der Waals surface area contributed by atoms with Crippen LogP contribution in [0, 0.1) is 0 Å². The molecule has 1 aliphatic heterocycles. The smallest absolute Gasteiger partial charge is 0.228 e. The van der Waals surface area contributed by atoms with Gasteiger partial charge in [-0.3, -0.25) is 14.7 Å². The number of carbonyl (C=O) groups excluding carboxylic acids is 1. The number of amides is 1. The fourth-order valence-electron chi connectivity index (χ4n) is 2.42. The van der Waals surface area contributed by atoms with Gasteiger partial charge in [-0.2, -0.15) is 0 Å². The summed E-state index contributed by atoms with van der Waals surface area (Å²) in [6, 6.07) is 4.08. The summed E-state index contributed by atoms with van der Waals surface area (Å²) in [5.41, 5.74) is 7.00. The van der Waals surface area contributed by atoms with Crippen LogP contribution >= 0.6 is 0 Å². The third-order valence-electron chi connectivity index (χ3n) is 3.78. The lowest BCUT2D eigenvalue weighted by Gasteiger charge is -2.39. The third kappa shape index (κ3) is 3.44. The van der Waals surface area contributed by atoms with Gasteiger partial charge in [-0.25, -0.2) is 0 Å². The molecule has 104 valence electrons. The molecule has 2 N–H and O–H groups in total. The molecule has 0 aromatic carbocycles. The molecule has 0 radical (unpaired) electrons. The molecule has 2 rings (SSSR count). The van der Waals surface area contributed by atoms with Crippen molar-refractivity contribution in [1.29, 1.82) is 0 Å². The first-order valence-corrected chi connectivity index (χ1v) is 6.78. The van der Waals surface area contributed by atoms with Crippen LogP contribution < -0.4 is 5.73 Å². The summed E-state index contributed by atoms with van der Waals surface area (Å²) in [5, 5.41) is 0. The molecule has 1 amide bonds. The van der Waals surface area contributed by atoms with Crippen molar-refractivity contribution in [3.8, 4) is 0 Å². The number of anilines is 1. The average molecular weight is 262 g/mol. The van der Waals surface area contributed by atoms with Crippen molar-refractivity contribution >= 4 is 11.6 Å². The minimum atomic E-state index is 0.156. The molecule has 0 aliphatic carbocycles. The monoisotopic (exact) mass is 262 g/mol. The second-order valence-electron chi connectivity index (χ2n) is 5.14. The van der Waals surface area contributed by atoms with Crippen LogP contribution in [0.25, 0.3) is 0 Å². The molecule has 1 aromatic rings. The highest BCUT2D eigenvalue weighted by atomic mass is 16.2. The van der Waals surface area contributed by atoms with Gasteiger partial charge in [-0.15, -0.1) is 0 Å². The standard InChI is InChI=1S/C14H22N4O/c1-3-13-10-18(7-6-17(13)2)14(19)8-12-5-4-11(15)9-16-12/h4-5,9,13H,3,6-8,10,15H2,1-2H3. The Hall–Kier alpha value is -1.62. The lowest BCUT2D eigenvalue weighted by molar-refractivity contribution is -0.133. The molecular weight excluding hydrogens is 240 g/mol. The maximum Gasteiger partial charge on any atom is 0.228 e. The number of nitrogen functional groups attached to an aromatic ring is 1. The van der Waals surface area contributed by atoms with Gasteiger partial charge in [0.25, 0.3) is 0 Å². The van der Waals surface area contributed by atoms with Gasteiger partial charge in [-0.05, 0) is 25.6 Å². The Morgan fingerprint density at radius 1 is 1.47 bits per heavy atom. The third-order valence-corrected chi connectivity index (χ3v) is 3.78. The minimum absolute atomic E-state index is 0.156. The van der Waals surface area contributed by atoms with E-state index in [0.717, 1.165) is 31.7 Å². The van der Waals surface area contributed by atoms with Crippen LogP contribution in [-0.2, 0) is 11.2 Å². The number of likely N-dealkylation sites (N-methyl/N-ethyl adjacent to an activating group) is 1. The zero-order chi connectivity index (χ0) is 13.8. The van der Waals surface area contributed by atoms with E-state index in [1.54, 1.807) is 12.3 Å². The number of pyridine rings is 1. The largest absolute Gasteiger partial charge is 0.397 e. The Morgan fingerprint density at radius 2 is 2.26 bits per heavy atom. The maximum absolute atomic E-state index is 12.3. The van der Waals surface area contributed by atoms with E-state index in [4.69, 9.17) is 5.73 Å². The predicted molar refractivity (Wildman–Crippen MR) is 75.6 cm³/mol. The molecule has 1 aliphatic rings. The average Bonchev–Trinajstić information content (AvgIpc) is 2.42. The van der Waals surface area contributed by atoms with Crippen molar-refractivity contribution in [2.45, 2.75) is 25.8 Å². The highest BCUT2D eigenvalue weighted by molar-refractivity contribution is 5.78. The lowest BCUT2D eigenvalue weighted by atomic mass is 10.1. The van der Waals surface area contributed by atoms with E-state index in [1.807, 2.05) is 11.0 Å². The summed E-state index contributed by atoms with van der Waals surface area (Å²) in [4.78, 5) is 20.7. The van der Waals surface area contributed by atoms with Gasteiger partial charge in [0.1, 0.15) is 0 Å². The molecule has 1 unspecified atom stereocenters. The summed E-state index contributed by atoms with van der Waals surface area (Å²) in [6.07, 6.45) is 3.03. The van der Waals surface area contributed by atoms with Crippen molar-refractivity contribution < 1.29 is 4.79 Å². The minimum Gasteiger partial charge on any atom is -0.397 e. The first kappa shape index (κ1) is 13.8. The first-order chi connectivity index (χ1) is 9.10. The summed E-state index contributed by atoms with van der Waals surface area (Å²) in [6.45, 7) is 4.73. The van der Waals surface area contributed by atoms with Gasteiger partial charge in [0.2, 0.25) is 5.91 Å². The highest BCUT2D eigenvalue weighted by Gasteiger charge is 2.26. The SMILES string of the molecule is CCC1CN(C(=O)Cc2ccc(N)cn2)CCN1C. The van der Waals surface area contributed by atoms with Crippen LogP contribution in [0.2, 0.25) is 0 Å². The summed E-state index contributed by atoms with van der Waals surface area (Å²) in [7, 11) is 2.12. The van der Waals surface area contributed by atoms with Gasteiger partial charge in [0, 0.05) is 31.4 Å². The Kier molecular flexibility index (Phi) is 4.37. The molecule has 0 saturated carbocycles. The van der Waals surface area contributed by atoms with Crippen LogP contribution in [0.3, 0.4) is 0 Å². The van der Waals surface area contributed by atoms with Crippen LogP contribution in [-0.4, -0.2) is 53.4 Å². The molecule has 1 saturated heterocycles. The number of nitrogens with zero attached hydrogens (tertiary/aromatic N) is 3. The Labute approximate surface area is 114 Å². The van der Waals surface area contributed by atoms with Gasteiger partial charge in [0.15, 0.2) is 0 Å². The molecule has 0 bridgehead atoms. The quantitative estimate of drug-likeness (QED) is 0.873. The highest BCUT2D eigenvalue weighted by Crippen LogP contribution is 2.12. The Morgan fingerprint density at radius 3 is 2.89 bits per heavy atom. The second-order valence-corrected chi connectivity index (χ2v) is 5.14. The molecule has 0 spiro atoms. The van der Waals surface area contributed by atoms with Crippen LogP contribution in [0.1, 0.15) is 19.0 Å². The maximum atomic E-state index is 12.3. The fourth-order valence-corrected chi connectivity index (χ4v) is 2.42. The van der Waals surface area contributed by atoms with Crippen LogP contribution in [0.4, 0.5) is 5.69 Å². The van der Waals surface area contributed by atoms with Crippen LogP contribution in [0.15, 0.2) is 18.3 Å². The van der Waals surface area contributed by atoms with E-state index in [1.165, 1.54) is 0 Å². The van der Waals surface area contributed by atoms with E-state index >= 15 is 0 Å². The van der Waals surface area contributed by atoms with Crippen molar-refractivity contribution in [2.75, 3.05) is 32.4 Å². The van der Waals surface area contributed by atoms with E-state index in [9.17, 15) is 4.79 Å². The topological polar surface area (TPSA) is 62.5 Å². The molecule has 1 aromatic heterocycles. The molecule has 2 heterocycles. The summed E-state index contributed by atoms with van der Waals surface area (Å²) >= 11 is 0. The number of hydrogen-bond donors (Lipinski definition) is 1. The Bertz CT molecular complexity index is 432. The normalized spacial score (nSPS) is 20.5. The molecule has 1 fully saturated rings. The number of hydrogen-bond acceptors (Lipinski definition) is 4. The molecule has 5 heteroatoms. The number of rotatable bonds is 3. The second kappa shape index (κ2) is 6.02. The number of carbonyl (C=O) groups is 1. The summed E-state index contributed by atoms with van der Waals surface area (Å²) < 4.78 is 0. The van der Waals surface area contributed by atoms with E-state index < -0.39 is 0 Å². The zero-order valence-electron chi connectivity index (χ0n) is 11.7. The van der Waals surface area contributed by atoms with E-state index in [0.29, 0.717) is 18.2 Å². The lowest BCUT2D eigenvalue weighted by Crippen LogP contribution is -2.53. The summed E-state index contributed by atoms with van der Waals surface area (Å²) in [5.74, 6) is 0.156. The molecule has 5 nitrogen and oxygen atoms in total. The van der Waals surface area contributed by atoms with Crippen molar-refractivity contribution in [3.05, 3.63) is 24.0 Å². The van der Waals surface area contributed by atoms with Gasteiger partial charge < -0.3 is 10.6 Å². The van der Waals surface area contributed by atoms with Crippen molar-refractivity contribution in [2.24, 2.45) is 0 Å². The van der Waals surface area contributed by atoms with E-state index in [-0.39, 0.29) is 5.91 Å². The number of nitrogens with two attached hydrogens (primary N) is 1. The molecule has 1 atom stereocenters. The fraction of sp³-hybridized carbons (Fsp3) is 0.571. The van der Waals surface area contributed by atoms with E-state index in [2.05, 4.69) is 23.9 Å². The van der Waals surface area contributed by atoms with Gasteiger partial charge in [0.05, 0.1) is 18.3 Å². The van der Waals surface area contributed by atoms with Gasteiger partial charge >= 0.3 is 0 Å². The number of piperazine rings is 1. The van der Waals surface area contributed by atoms with Gasteiger partial charge in [-0.1, -0.05) is 6.92 Å². The first-order valence-electron chi connectivity index (χ1n) is 6.78. The van der Waals surface area contributed by atoms with Crippen LogP contribution in [0.5, 0.6) is 0 Å². The van der Waals surface area contributed by atoms with Crippen molar-refractivity contribution in [1.82, 2.24) is 14.8 Å². The predicted octanol–water partition coefficient (Wildman–Crippen LogP) is 0.759. The molecule has 19 heavy (non-hydrogen) atoms. The van der Waals surface area contributed by atoms with Crippen molar-refractivity contribution in [3.63, 3.8) is 0 Å². The molecular formula is C14H22N4O. The Balaban J connectivity index is 1.94. The zero-order valence-corrected chi connectivity index (χ0v) is 11.7. The number of aromatic nitrogens is 1.